The molecule has 0 amide bonds. The van der Waals surface area contributed by atoms with E-state index < -0.39 is 5.72 Å². The summed E-state index contributed by atoms with van der Waals surface area (Å²) in [6.45, 7) is -0.0324. The van der Waals surface area contributed by atoms with Gasteiger partial charge in [-0.3, -0.25) is 9.36 Å². The van der Waals surface area contributed by atoms with Gasteiger partial charge in [0.2, 0.25) is 5.72 Å². The second-order valence-corrected chi connectivity index (χ2v) is 5.53. The van der Waals surface area contributed by atoms with Crippen LogP contribution in [0.1, 0.15) is 5.56 Å². The van der Waals surface area contributed by atoms with E-state index in [0.29, 0.717) is 22.6 Å². The third kappa shape index (κ3) is 1.94. The maximum atomic E-state index is 12.5. The van der Waals surface area contributed by atoms with Crippen LogP contribution in [0, 0.1) is 0 Å². The number of aromatic nitrogens is 1. The van der Waals surface area contributed by atoms with Gasteiger partial charge in [-0.05, 0) is 24.3 Å². The summed E-state index contributed by atoms with van der Waals surface area (Å²) in [5, 5.41) is 12.1. The molecule has 1 atom stereocenters. The van der Waals surface area contributed by atoms with Crippen molar-refractivity contribution in [2.45, 2.75) is 5.72 Å². The zero-order valence-electron chi connectivity index (χ0n) is 12.5. The van der Waals surface area contributed by atoms with Crippen molar-refractivity contribution in [3.63, 3.8) is 0 Å². The van der Waals surface area contributed by atoms with E-state index in [1.54, 1.807) is 43.5 Å². The fourth-order valence-corrected chi connectivity index (χ4v) is 3.06. The van der Waals surface area contributed by atoms with E-state index >= 15 is 0 Å². The normalized spacial score (nSPS) is 19.4. The number of hydrogen-bond donors (Lipinski definition) is 1. The Morgan fingerprint density at radius 2 is 1.91 bits per heavy atom. The fraction of sp³-hybridized carbons (Fsp3) is 0.167. The van der Waals surface area contributed by atoms with Crippen molar-refractivity contribution in [2.75, 3.05) is 13.7 Å². The van der Waals surface area contributed by atoms with Crippen LogP contribution in [0.2, 0.25) is 0 Å². The lowest BCUT2D eigenvalue weighted by Gasteiger charge is -2.36. The van der Waals surface area contributed by atoms with Crippen LogP contribution in [0.15, 0.2) is 59.4 Å². The van der Waals surface area contributed by atoms with Crippen LogP contribution in [0.3, 0.4) is 0 Å². The third-order valence-corrected chi connectivity index (χ3v) is 4.23. The monoisotopic (exact) mass is 309 g/mol. The number of para-hydroxylation sites is 1. The molecule has 5 nitrogen and oxygen atoms in total. The van der Waals surface area contributed by atoms with Gasteiger partial charge in [0.05, 0.1) is 12.6 Å². The van der Waals surface area contributed by atoms with Crippen LogP contribution in [0.4, 0.5) is 0 Å². The molecule has 0 bridgehead atoms. The van der Waals surface area contributed by atoms with Gasteiger partial charge in [0, 0.05) is 17.0 Å². The molecule has 2 heterocycles. The van der Waals surface area contributed by atoms with Gasteiger partial charge in [-0.1, -0.05) is 24.3 Å². The smallest absolute Gasteiger partial charge is 0.253 e. The highest BCUT2D eigenvalue weighted by Crippen LogP contribution is 2.36. The summed E-state index contributed by atoms with van der Waals surface area (Å²) in [7, 11) is 1.58. The van der Waals surface area contributed by atoms with Crippen LogP contribution >= 0.6 is 0 Å². The molecule has 0 spiro atoms. The molecule has 1 aliphatic rings. The largest absolute Gasteiger partial charge is 0.497 e. The van der Waals surface area contributed by atoms with Gasteiger partial charge in [0.1, 0.15) is 18.1 Å². The van der Waals surface area contributed by atoms with Crippen molar-refractivity contribution in [1.82, 2.24) is 4.57 Å². The number of nitrogens with zero attached hydrogens (tertiary/aromatic N) is 1. The summed E-state index contributed by atoms with van der Waals surface area (Å²) in [5.41, 5.74) is -0.657. The topological polar surface area (TPSA) is 60.7 Å². The quantitative estimate of drug-likeness (QED) is 0.787. The molecule has 0 fully saturated rings. The minimum atomic E-state index is -1.56. The van der Waals surface area contributed by atoms with Crippen molar-refractivity contribution in [2.24, 2.45) is 0 Å². The standard InChI is InChI=1S/C18H15NO4/c1-22-14-8-6-13(7-9-14)18(21)11-23-15-4-2-3-12-5-10-16(20)19(18)17(12)15/h2-10,21H,11H2,1H3. The summed E-state index contributed by atoms with van der Waals surface area (Å²) in [6.07, 6.45) is 0. The van der Waals surface area contributed by atoms with Crippen LogP contribution in [-0.4, -0.2) is 23.4 Å². The third-order valence-electron chi connectivity index (χ3n) is 4.23. The zero-order chi connectivity index (χ0) is 16.0. The van der Waals surface area contributed by atoms with Gasteiger partial charge in [-0.15, -0.1) is 0 Å². The van der Waals surface area contributed by atoms with Crippen molar-refractivity contribution in [3.8, 4) is 11.5 Å². The van der Waals surface area contributed by atoms with Crippen molar-refractivity contribution < 1.29 is 14.6 Å². The molecular formula is C18H15NO4. The molecule has 5 heteroatoms. The molecular weight excluding hydrogens is 294 g/mol. The summed E-state index contributed by atoms with van der Waals surface area (Å²) >= 11 is 0. The number of rotatable bonds is 2. The van der Waals surface area contributed by atoms with Crippen LogP contribution in [0.25, 0.3) is 10.9 Å². The van der Waals surface area contributed by atoms with E-state index in [1.807, 2.05) is 12.1 Å². The molecule has 0 saturated carbocycles. The first kappa shape index (κ1) is 13.8. The average Bonchev–Trinajstić information content (AvgIpc) is 2.59. The molecule has 1 unspecified atom stereocenters. The Balaban J connectivity index is 2.01. The molecule has 1 aliphatic heterocycles. The first-order chi connectivity index (χ1) is 11.1. The van der Waals surface area contributed by atoms with E-state index in [1.165, 1.54) is 10.6 Å². The zero-order valence-corrected chi connectivity index (χ0v) is 12.5. The molecule has 3 aromatic rings. The molecule has 0 aliphatic carbocycles. The van der Waals surface area contributed by atoms with E-state index in [9.17, 15) is 9.90 Å². The molecule has 1 aromatic heterocycles. The van der Waals surface area contributed by atoms with E-state index in [2.05, 4.69) is 0 Å². The average molecular weight is 309 g/mol. The van der Waals surface area contributed by atoms with Gasteiger partial charge in [-0.25, -0.2) is 0 Å². The van der Waals surface area contributed by atoms with Crippen molar-refractivity contribution in [1.29, 1.82) is 0 Å². The first-order valence-electron chi connectivity index (χ1n) is 7.28. The number of aliphatic hydroxyl groups is 1. The van der Waals surface area contributed by atoms with E-state index in [0.717, 1.165) is 5.39 Å². The van der Waals surface area contributed by atoms with Gasteiger partial charge >= 0.3 is 0 Å². The molecule has 2 aromatic carbocycles. The summed E-state index contributed by atoms with van der Waals surface area (Å²) in [4.78, 5) is 12.5. The Morgan fingerprint density at radius 1 is 1.13 bits per heavy atom. The minimum absolute atomic E-state index is 0.0324. The minimum Gasteiger partial charge on any atom is -0.497 e. The Bertz CT molecular complexity index is 945. The second kappa shape index (κ2) is 4.86. The van der Waals surface area contributed by atoms with E-state index in [-0.39, 0.29) is 12.2 Å². The number of methoxy groups -OCH3 is 1. The highest BCUT2D eigenvalue weighted by molar-refractivity contribution is 5.85. The number of hydrogen-bond acceptors (Lipinski definition) is 4. The van der Waals surface area contributed by atoms with E-state index in [4.69, 9.17) is 9.47 Å². The van der Waals surface area contributed by atoms with Gasteiger partial charge in [-0.2, -0.15) is 0 Å². The highest BCUT2D eigenvalue weighted by atomic mass is 16.5. The molecule has 0 saturated heterocycles. The fourth-order valence-electron chi connectivity index (χ4n) is 3.06. The Morgan fingerprint density at radius 3 is 2.65 bits per heavy atom. The lowest BCUT2D eigenvalue weighted by atomic mass is 10.00. The Kier molecular flexibility index (Phi) is 2.92. The number of pyridine rings is 1. The predicted octanol–water partition coefficient (Wildman–Crippen LogP) is 2.10. The lowest BCUT2D eigenvalue weighted by molar-refractivity contribution is -0.0434. The SMILES string of the molecule is COc1ccc(C2(O)COc3cccc4ccc(=O)n2c34)cc1. The first-order valence-corrected chi connectivity index (χ1v) is 7.28. The van der Waals surface area contributed by atoms with Crippen LogP contribution in [-0.2, 0) is 5.72 Å². The number of benzene rings is 2. The second-order valence-electron chi connectivity index (χ2n) is 5.53. The lowest BCUT2D eigenvalue weighted by Crippen LogP contribution is -2.48. The van der Waals surface area contributed by atoms with Crippen molar-refractivity contribution in [3.05, 3.63) is 70.5 Å². The maximum absolute atomic E-state index is 12.5. The molecule has 1 N–H and O–H groups in total. The maximum Gasteiger partial charge on any atom is 0.253 e. The predicted molar refractivity (Wildman–Crippen MR) is 86.0 cm³/mol. The van der Waals surface area contributed by atoms with Gasteiger partial charge in [0.25, 0.3) is 5.56 Å². The van der Waals surface area contributed by atoms with Crippen LogP contribution < -0.4 is 15.0 Å². The summed E-state index contributed by atoms with van der Waals surface area (Å²) in [6, 6.07) is 15.7. The van der Waals surface area contributed by atoms with Crippen LogP contribution in [0.5, 0.6) is 11.5 Å². The number of ether oxygens (including phenoxy) is 2. The molecule has 0 radical (unpaired) electrons. The Labute approximate surface area is 132 Å². The summed E-state index contributed by atoms with van der Waals surface area (Å²) in [5.74, 6) is 1.28. The highest BCUT2D eigenvalue weighted by Gasteiger charge is 2.38. The molecule has 23 heavy (non-hydrogen) atoms. The Hall–Kier alpha value is -2.79. The summed E-state index contributed by atoms with van der Waals surface area (Å²) < 4.78 is 12.3. The van der Waals surface area contributed by atoms with Gasteiger partial charge in [0.15, 0.2) is 0 Å². The molecule has 116 valence electrons. The van der Waals surface area contributed by atoms with Gasteiger partial charge < -0.3 is 14.6 Å². The molecule has 4 rings (SSSR count). The van der Waals surface area contributed by atoms with Crippen molar-refractivity contribution >= 4 is 10.9 Å².